The van der Waals surface area contributed by atoms with Gasteiger partial charge in [-0.1, -0.05) is 27.7 Å². The second-order valence-electron chi connectivity index (χ2n) is 5.27. The van der Waals surface area contributed by atoms with Crippen molar-refractivity contribution in [1.29, 1.82) is 0 Å². The topological polar surface area (TPSA) is 47.0 Å². The monoisotopic (exact) mass is 251 g/mol. The SMILES string of the molecule is COc1nccnc1C(C)C(C)CNCC(C)C. The summed E-state index contributed by atoms with van der Waals surface area (Å²) in [6, 6.07) is 0. The molecule has 0 aliphatic carbocycles. The Morgan fingerprint density at radius 1 is 1.11 bits per heavy atom. The van der Waals surface area contributed by atoms with Gasteiger partial charge in [-0.2, -0.15) is 0 Å². The molecule has 2 unspecified atom stereocenters. The molecule has 1 aromatic rings. The van der Waals surface area contributed by atoms with Gasteiger partial charge in [0.05, 0.1) is 7.11 Å². The zero-order valence-corrected chi connectivity index (χ0v) is 12.1. The van der Waals surface area contributed by atoms with E-state index >= 15 is 0 Å². The molecular formula is C14H25N3O. The lowest BCUT2D eigenvalue weighted by molar-refractivity contribution is 0.366. The van der Waals surface area contributed by atoms with Crippen molar-refractivity contribution in [2.45, 2.75) is 33.6 Å². The number of hydrogen-bond donors (Lipinski definition) is 1. The molecule has 4 nitrogen and oxygen atoms in total. The molecule has 0 aliphatic rings. The van der Waals surface area contributed by atoms with Crippen molar-refractivity contribution in [3.63, 3.8) is 0 Å². The first-order valence-corrected chi connectivity index (χ1v) is 6.61. The predicted molar refractivity (Wildman–Crippen MR) is 73.9 cm³/mol. The van der Waals surface area contributed by atoms with E-state index in [4.69, 9.17) is 4.74 Å². The van der Waals surface area contributed by atoms with Crippen molar-refractivity contribution in [2.75, 3.05) is 20.2 Å². The van der Waals surface area contributed by atoms with Crippen LogP contribution in [0.5, 0.6) is 5.88 Å². The van der Waals surface area contributed by atoms with Crippen LogP contribution in [0.25, 0.3) is 0 Å². The Morgan fingerprint density at radius 3 is 2.39 bits per heavy atom. The van der Waals surface area contributed by atoms with Crippen LogP contribution in [-0.4, -0.2) is 30.2 Å². The summed E-state index contributed by atoms with van der Waals surface area (Å²) in [5.41, 5.74) is 0.943. The van der Waals surface area contributed by atoms with E-state index in [9.17, 15) is 0 Å². The number of nitrogens with zero attached hydrogens (tertiary/aromatic N) is 2. The molecule has 0 aromatic carbocycles. The molecule has 102 valence electrons. The van der Waals surface area contributed by atoms with E-state index < -0.39 is 0 Å². The van der Waals surface area contributed by atoms with Gasteiger partial charge in [-0.25, -0.2) is 4.98 Å². The highest BCUT2D eigenvalue weighted by atomic mass is 16.5. The zero-order valence-electron chi connectivity index (χ0n) is 12.1. The minimum atomic E-state index is 0.327. The second-order valence-corrected chi connectivity index (χ2v) is 5.27. The van der Waals surface area contributed by atoms with Crippen LogP contribution in [0.15, 0.2) is 12.4 Å². The van der Waals surface area contributed by atoms with Crippen molar-refractivity contribution in [3.8, 4) is 5.88 Å². The van der Waals surface area contributed by atoms with Crippen LogP contribution in [0.4, 0.5) is 0 Å². The van der Waals surface area contributed by atoms with Gasteiger partial charge in [-0.15, -0.1) is 0 Å². The summed E-state index contributed by atoms with van der Waals surface area (Å²) in [5.74, 6) is 2.14. The van der Waals surface area contributed by atoms with Crippen molar-refractivity contribution in [1.82, 2.24) is 15.3 Å². The molecule has 0 radical (unpaired) electrons. The standard InChI is InChI=1S/C14H25N3O/c1-10(2)8-15-9-11(3)12(4)13-14(18-5)17-7-6-16-13/h6-7,10-12,15H,8-9H2,1-5H3. The average Bonchev–Trinajstić information content (AvgIpc) is 2.37. The normalized spacial score (nSPS) is 14.6. The van der Waals surface area contributed by atoms with E-state index in [2.05, 4.69) is 43.0 Å². The van der Waals surface area contributed by atoms with Crippen LogP contribution in [0.2, 0.25) is 0 Å². The summed E-state index contributed by atoms with van der Waals surface area (Å²) >= 11 is 0. The van der Waals surface area contributed by atoms with Crippen molar-refractivity contribution in [3.05, 3.63) is 18.1 Å². The lowest BCUT2D eigenvalue weighted by Gasteiger charge is -2.21. The van der Waals surface area contributed by atoms with E-state index in [1.807, 2.05) is 0 Å². The molecule has 0 saturated heterocycles. The number of ether oxygens (including phenoxy) is 1. The Kier molecular flexibility index (Phi) is 6.05. The van der Waals surface area contributed by atoms with E-state index in [1.54, 1.807) is 19.5 Å². The third kappa shape index (κ3) is 4.26. The summed E-state index contributed by atoms with van der Waals surface area (Å²) < 4.78 is 5.27. The molecule has 0 amide bonds. The number of nitrogens with one attached hydrogen (secondary N) is 1. The Balaban J connectivity index is 2.59. The van der Waals surface area contributed by atoms with E-state index in [0.717, 1.165) is 18.8 Å². The lowest BCUT2D eigenvalue weighted by atomic mass is 9.92. The quantitative estimate of drug-likeness (QED) is 0.808. The Morgan fingerprint density at radius 2 is 1.78 bits per heavy atom. The minimum Gasteiger partial charge on any atom is -0.480 e. The maximum absolute atomic E-state index is 5.27. The Hall–Kier alpha value is -1.16. The van der Waals surface area contributed by atoms with Gasteiger partial charge in [0.1, 0.15) is 5.69 Å². The van der Waals surface area contributed by atoms with Crippen molar-refractivity contribution < 1.29 is 4.74 Å². The highest BCUT2D eigenvalue weighted by Gasteiger charge is 2.20. The van der Waals surface area contributed by atoms with Gasteiger partial charge in [-0.05, 0) is 24.9 Å². The molecule has 1 N–H and O–H groups in total. The zero-order chi connectivity index (χ0) is 13.5. The van der Waals surface area contributed by atoms with E-state index in [0.29, 0.717) is 23.6 Å². The van der Waals surface area contributed by atoms with Crippen molar-refractivity contribution >= 4 is 0 Å². The molecule has 1 heterocycles. The summed E-state index contributed by atoms with van der Waals surface area (Å²) in [7, 11) is 1.64. The fraction of sp³-hybridized carbons (Fsp3) is 0.714. The fourth-order valence-electron chi connectivity index (χ4n) is 1.85. The maximum atomic E-state index is 5.27. The smallest absolute Gasteiger partial charge is 0.235 e. The highest BCUT2D eigenvalue weighted by molar-refractivity contribution is 5.21. The molecule has 0 saturated carbocycles. The average molecular weight is 251 g/mol. The molecule has 0 fully saturated rings. The van der Waals surface area contributed by atoms with E-state index in [-0.39, 0.29) is 0 Å². The molecular weight excluding hydrogens is 226 g/mol. The van der Waals surface area contributed by atoms with Crippen LogP contribution in [0.1, 0.15) is 39.3 Å². The van der Waals surface area contributed by atoms with Crippen LogP contribution in [0, 0.1) is 11.8 Å². The number of aromatic nitrogens is 2. The Bertz CT molecular complexity index is 355. The second kappa shape index (κ2) is 7.31. The molecule has 0 bridgehead atoms. The number of rotatable bonds is 7. The summed E-state index contributed by atoms with van der Waals surface area (Å²) in [4.78, 5) is 8.60. The predicted octanol–water partition coefficient (Wildman–Crippen LogP) is 2.47. The van der Waals surface area contributed by atoms with Gasteiger partial charge in [0.2, 0.25) is 5.88 Å². The van der Waals surface area contributed by atoms with Crippen LogP contribution in [-0.2, 0) is 0 Å². The molecule has 0 spiro atoms. The maximum Gasteiger partial charge on any atom is 0.235 e. The van der Waals surface area contributed by atoms with Gasteiger partial charge in [0.25, 0.3) is 0 Å². The Labute approximate surface area is 110 Å². The summed E-state index contributed by atoms with van der Waals surface area (Å²) in [6.45, 7) is 10.9. The lowest BCUT2D eigenvalue weighted by Crippen LogP contribution is -2.28. The minimum absolute atomic E-state index is 0.327. The molecule has 1 rings (SSSR count). The van der Waals surface area contributed by atoms with Gasteiger partial charge in [0.15, 0.2) is 0 Å². The van der Waals surface area contributed by atoms with Gasteiger partial charge >= 0.3 is 0 Å². The summed E-state index contributed by atoms with van der Waals surface area (Å²) in [6.07, 6.45) is 3.39. The van der Waals surface area contributed by atoms with Gasteiger partial charge < -0.3 is 10.1 Å². The first-order valence-electron chi connectivity index (χ1n) is 6.61. The molecule has 1 aromatic heterocycles. The van der Waals surface area contributed by atoms with Gasteiger partial charge in [-0.3, -0.25) is 4.98 Å². The number of methoxy groups -OCH3 is 1. The van der Waals surface area contributed by atoms with E-state index in [1.165, 1.54) is 0 Å². The first-order chi connectivity index (χ1) is 8.56. The van der Waals surface area contributed by atoms with Crippen LogP contribution < -0.4 is 10.1 Å². The van der Waals surface area contributed by atoms with Crippen LogP contribution >= 0.6 is 0 Å². The number of hydrogen-bond acceptors (Lipinski definition) is 4. The summed E-state index contributed by atoms with van der Waals surface area (Å²) in [5, 5.41) is 3.48. The van der Waals surface area contributed by atoms with Crippen LogP contribution in [0.3, 0.4) is 0 Å². The van der Waals surface area contributed by atoms with Gasteiger partial charge in [0, 0.05) is 18.3 Å². The molecule has 0 aliphatic heterocycles. The fourth-order valence-corrected chi connectivity index (χ4v) is 1.85. The molecule has 18 heavy (non-hydrogen) atoms. The third-order valence-corrected chi connectivity index (χ3v) is 3.19. The first kappa shape index (κ1) is 14.9. The molecule has 4 heteroatoms. The largest absolute Gasteiger partial charge is 0.480 e. The molecule has 2 atom stereocenters. The van der Waals surface area contributed by atoms with Crippen molar-refractivity contribution in [2.24, 2.45) is 11.8 Å². The highest BCUT2D eigenvalue weighted by Crippen LogP contribution is 2.27. The third-order valence-electron chi connectivity index (χ3n) is 3.19.